The molecule has 5 heterocycles. The van der Waals surface area contributed by atoms with Gasteiger partial charge in [-0.3, -0.25) is 9.69 Å². The number of carbonyl (C=O) groups excluding carboxylic acids is 1. The number of piperazine rings is 1. The highest BCUT2D eigenvalue weighted by molar-refractivity contribution is 7.16. The Morgan fingerprint density at radius 1 is 1.18 bits per heavy atom. The summed E-state index contributed by atoms with van der Waals surface area (Å²) in [7, 11) is 0. The number of benzene rings is 2. The van der Waals surface area contributed by atoms with Gasteiger partial charge in [-0.2, -0.15) is 15.2 Å². The highest BCUT2D eigenvalue weighted by Crippen LogP contribution is 2.41. The van der Waals surface area contributed by atoms with Crippen LogP contribution in [0.25, 0.3) is 32.2 Å². The van der Waals surface area contributed by atoms with Gasteiger partial charge in [0.05, 0.1) is 39.8 Å². The third-order valence-electron chi connectivity index (χ3n) is 9.21. The molecule has 44 heavy (non-hydrogen) atoms. The van der Waals surface area contributed by atoms with Crippen LogP contribution < -0.4 is 9.64 Å². The van der Waals surface area contributed by atoms with E-state index in [1.165, 1.54) is 17.4 Å². The fourth-order valence-electron chi connectivity index (χ4n) is 7.13. The van der Waals surface area contributed by atoms with Crippen molar-refractivity contribution in [2.45, 2.75) is 43.4 Å². The summed E-state index contributed by atoms with van der Waals surface area (Å²) in [6.45, 7) is 6.10. The molecule has 2 aromatic heterocycles. The SMILES string of the molecule is C=CC(=O)N1CCN(c2nc(OCC34CCCN3C[C@H](F)C4)nc3c(F)c(-c4cccc5scnc45)ccc23)C[C@@H]1CC#N. The van der Waals surface area contributed by atoms with Gasteiger partial charge >= 0.3 is 6.01 Å². The predicted molar refractivity (Wildman–Crippen MR) is 165 cm³/mol. The fraction of sp³-hybridized carbons (Fsp3) is 0.406. The Labute approximate surface area is 257 Å². The number of carbonyl (C=O) groups is 1. The quantitative estimate of drug-likeness (QED) is 0.265. The fourth-order valence-corrected chi connectivity index (χ4v) is 7.83. The summed E-state index contributed by atoms with van der Waals surface area (Å²) >= 11 is 1.49. The standard InChI is InChI=1S/C32H31F2N7O2S/c1-2-26(42)41-14-13-39(17-21(41)9-11-35)30-24-8-7-22(23-5-3-6-25-28(23)36-19-44-25)27(34)29(24)37-31(38-30)43-18-32-10-4-12-40(32)16-20(33)15-32/h2-3,5-8,19-21H,1,4,9-10,12-18H2/t20-,21+,32?/m1/s1. The first-order valence-corrected chi connectivity index (χ1v) is 15.7. The molecule has 0 spiro atoms. The Hall–Kier alpha value is -4.21. The zero-order chi connectivity index (χ0) is 30.4. The van der Waals surface area contributed by atoms with E-state index in [0.717, 1.165) is 24.1 Å². The maximum Gasteiger partial charge on any atom is 0.319 e. The van der Waals surface area contributed by atoms with Crippen molar-refractivity contribution in [3.05, 3.63) is 54.3 Å². The molecule has 1 amide bonds. The second-order valence-electron chi connectivity index (χ2n) is 11.7. The normalized spacial score (nSPS) is 23.7. The number of ether oxygens (including phenoxy) is 1. The molecule has 0 radical (unpaired) electrons. The van der Waals surface area contributed by atoms with Gasteiger partial charge in [0.25, 0.3) is 0 Å². The molecular formula is C32H31F2N7O2S. The minimum Gasteiger partial charge on any atom is -0.461 e. The molecule has 0 N–H and O–H groups in total. The summed E-state index contributed by atoms with van der Waals surface area (Å²) in [6, 6.07) is 11.0. The monoisotopic (exact) mass is 615 g/mol. The lowest BCUT2D eigenvalue weighted by molar-refractivity contribution is -0.128. The average Bonchev–Trinajstić information content (AvgIpc) is 3.74. The van der Waals surface area contributed by atoms with E-state index in [9.17, 15) is 14.4 Å². The van der Waals surface area contributed by atoms with Crippen LogP contribution in [0.2, 0.25) is 0 Å². The predicted octanol–water partition coefficient (Wildman–Crippen LogP) is 5.12. The number of anilines is 1. The van der Waals surface area contributed by atoms with Gasteiger partial charge in [-0.05, 0) is 37.6 Å². The third-order valence-corrected chi connectivity index (χ3v) is 10.0. The molecule has 9 nitrogen and oxygen atoms in total. The van der Waals surface area contributed by atoms with Crippen LogP contribution >= 0.6 is 11.3 Å². The van der Waals surface area contributed by atoms with Crippen LogP contribution in [0.4, 0.5) is 14.6 Å². The number of halogens is 2. The number of nitrogens with zero attached hydrogens (tertiary/aromatic N) is 7. The largest absolute Gasteiger partial charge is 0.461 e. The van der Waals surface area contributed by atoms with E-state index in [1.54, 1.807) is 22.5 Å². The molecule has 0 saturated carbocycles. The molecule has 3 aliphatic rings. The molecule has 7 rings (SSSR count). The number of fused-ring (bicyclic) bond motifs is 3. The van der Waals surface area contributed by atoms with Gasteiger partial charge in [0, 0.05) is 49.1 Å². The van der Waals surface area contributed by atoms with Crippen LogP contribution in [0.3, 0.4) is 0 Å². The van der Waals surface area contributed by atoms with Gasteiger partial charge in [-0.15, -0.1) is 11.3 Å². The summed E-state index contributed by atoms with van der Waals surface area (Å²) in [4.78, 5) is 32.1. The van der Waals surface area contributed by atoms with E-state index in [4.69, 9.17) is 9.72 Å². The maximum absolute atomic E-state index is 16.6. The second-order valence-corrected chi connectivity index (χ2v) is 12.6. The Balaban J connectivity index is 1.31. The van der Waals surface area contributed by atoms with Crippen molar-refractivity contribution in [3.63, 3.8) is 0 Å². The molecule has 3 saturated heterocycles. The molecule has 3 atom stereocenters. The van der Waals surface area contributed by atoms with Crippen LogP contribution in [-0.2, 0) is 4.79 Å². The second kappa shape index (κ2) is 11.4. The summed E-state index contributed by atoms with van der Waals surface area (Å²) in [6.07, 6.45) is 2.64. The first kappa shape index (κ1) is 28.6. The lowest BCUT2D eigenvalue weighted by Crippen LogP contribution is -2.55. The molecule has 3 fully saturated rings. The number of aromatic nitrogens is 3. The van der Waals surface area contributed by atoms with Crippen molar-refractivity contribution in [2.75, 3.05) is 44.2 Å². The van der Waals surface area contributed by atoms with Crippen molar-refractivity contribution in [1.82, 2.24) is 24.8 Å². The molecule has 12 heteroatoms. The van der Waals surface area contributed by atoms with E-state index < -0.39 is 23.6 Å². The van der Waals surface area contributed by atoms with E-state index in [2.05, 4.69) is 27.5 Å². The highest BCUT2D eigenvalue weighted by atomic mass is 32.1. The maximum atomic E-state index is 16.6. The molecule has 0 aliphatic carbocycles. The number of rotatable bonds is 7. The zero-order valence-corrected chi connectivity index (χ0v) is 24.9. The summed E-state index contributed by atoms with van der Waals surface area (Å²) < 4.78 is 38.2. The lowest BCUT2D eigenvalue weighted by Gasteiger charge is -2.41. The Bertz CT molecular complexity index is 1810. The average molecular weight is 616 g/mol. The summed E-state index contributed by atoms with van der Waals surface area (Å²) in [5, 5.41) is 10.00. The number of alkyl halides is 1. The van der Waals surface area contributed by atoms with Gasteiger partial charge in [0.15, 0.2) is 5.82 Å². The third kappa shape index (κ3) is 4.84. The Morgan fingerprint density at radius 3 is 2.91 bits per heavy atom. The van der Waals surface area contributed by atoms with E-state index in [-0.39, 0.29) is 30.5 Å². The molecule has 0 bridgehead atoms. The van der Waals surface area contributed by atoms with Gasteiger partial charge in [-0.25, -0.2) is 13.8 Å². The van der Waals surface area contributed by atoms with Crippen molar-refractivity contribution in [2.24, 2.45) is 0 Å². The summed E-state index contributed by atoms with van der Waals surface area (Å²) in [5.74, 6) is -0.293. The molecule has 226 valence electrons. The molecular weight excluding hydrogens is 584 g/mol. The molecule has 1 unspecified atom stereocenters. The smallest absolute Gasteiger partial charge is 0.319 e. The lowest BCUT2D eigenvalue weighted by atomic mass is 9.95. The van der Waals surface area contributed by atoms with Crippen molar-refractivity contribution < 1.29 is 18.3 Å². The number of hydrogen-bond donors (Lipinski definition) is 0. The summed E-state index contributed by atoms with van der Waals surface area (Å²) in [5.41, 5.74) is 3.16. The highest BCUT2D eigenvalue weighted by Gasteiger charge is 2.49. The van der Waals surface area contributed by atoms with Crippen molar-refractivity contribution in [1.29, 1.82) is 5.26 Å². The van der Waals surface area contributed by atoms with Crippen LogP contribution in [0.15, 0.2) is 48.5 Å². The number of amides is 1. The Morgan fingerprint density at radius 2 is 2.07 bits per heavy atom. The number of nitriles is 1. The van der Waals surface area contributed by atoms with Gasteiger partial charge in [0.1, 0.15) is 24.1 Å². The number of thiazole rings is 1. The van der Waals surface area contributed by atoms with Gasteiger partial charge < -0.3 is 14.5 Å². The number of hydrogen-bond acceptors (Lipinski definition) is 9. The first-order valence-electron chi connectivity index (χ1n) is 14.8. The van der Waals surface area contributed by atoms with E-state index in [0.29, 0.717) is 60.4 Å². The zero-order valence-electron chi connectivity index (χ0n) is 24.1. The molecule has 3 aliphatic heterocycles. The Kier molecular flexibility index (Phi) is 7.38. The van der Waals surface area contributed by atoms with E-state index >= 15 is 4.39 Å². The van der Waals surface area contributed by atoms with Gasteiger partial charge in [0.2, 0.25) is 5.91 Å². The minimum absolute atomic E-state index is 0.0142. The molecule has 4 aromatic rings. The van der Waals surface area contributed by atoms with Crippen molar-refractivity contribution >= 4 is 44.2 Å². The van der Waals surface area contributed by atoms with Crippen LogP contribution in [0.5, 0.6) is 6.01 Å². The van der Waals surface area contributed by atoms with Crippen LogP contribution in [-0.4, -0.2) is 87.7 Å². The minimum atomic E-state index is -0.910. The van der Waals surface area contributed by atoms with Crippen molar-refractivity contribution in [3.8, 4) is 23.2 Å². The molecule has 2 aromatic carbocycles. The van der Waals surface area contributed by atoms with Crippen LogP contribution in [0, 0.1) is 17.1 Å². The van der Waals surface area contributed by atoms with Crippen LogP contribution in [0.1, 0.15) is 25.7 Å². The topological polar surface area (TPSA) is 98.5 Å². The number of para-hydroxylation sites is 1. The first-order chi connectivity index (χ1) is 21.4. The van der Waals surface area contributed by atoms with Gasteiger partial charge in [-0.1, -0.05) is 24.8 Å². The van der Waals surface area contributed by atoms with E-state index in [1.807, 2.05) is 23.1 Å².